The summed E-state index contributed by atoms with van der Waals surface area (Å²) in [6.07, 6.45) is 4.95. The Balaban J connectivity index is 1.76. The van der Waals surface area contributed by atoms with Crippen molar-refractivity contribution >= 4 is 5.88 Å². The predicted molar refractivity (Wildman–Crippen MR) is 74.3 cm³/mol. The molecule has 20 heavy (non-hydrogen) atoms. The van der Waals surface area contributed by atoms with Crippen LogP contribution in [-0.2, 0) is 6.54 Å². The lowest BCUT2D eigenvalue weighted by Gasteiger charge is -2.35. The van der Waals surface area contributed by atoms with Crippen molar-refractivity contribution in [2.45, 2.75) is 51.2 Å². The Hall–Kier alpha value is -1.40. The van der Waals surface area contributed by atoms with Crippen molar-refractivity contribution < 1.29 is 14.4 Å². The predicted octanol–water partition coefficient (Wildman–Crippen LogP) is 2.61. The minimum atomic E-state index is -0.649. The van der Waals surface area contributed by atoms with E-state index >= 15 is 0 Å². The van der Waals surface area contributed by atoms with Crippen LogP contribution in [0.15, 0.2) is 16.5 Å². The smallest absolute Gasteiger partial charge is 0.404 e. The number of nitro groups is 1. The van der Waals surface area contributed by atoms with Crippen LogP contribution in [0.5, 0.6) is 0 Å². The lowest BCUT2D eigenvalue weighted by Crippen LogP contribution is -2.43. The second kappa shape index (κ2) is 6.37. The zero-order chi connectivity index (χ0) is 14.6. The molecule has 0 saturated heterocycles. The molecule has 0 radical (unpaired) electrons. The maximum Gasteiger partial charge on any atom is 0.433 e. The number of hydrogen-bond acceptors (Lipinski definition) is 5. The molecule has 1 fully saturated rings. The Labute approximate surface area is 118 Å². The standard InChI is InChI=1S/C14H22N2O4/c1-2-11-5-7-14(17,8-6-11)10-15-9-12-3-4-13(20-12)16(18)19/h3-4,11,15,17H,2,5-10H2,1H3. The van der Waals surface area contributed by atoms with E-state index in [1.54, 1.807) is 6.07 Å². The van der Waals surface area contributed by atoms with Crippen molar-refractivity contribution in [3.8, 4) is 0 Å². The molecule has 6 nitrogen and oxygen atoms in total. The molecular weight excluding hydrogens is 260 g/mol. The van der Waals surface area contributed by atoms with Gasteiger partial charge in [0.05, 0.1) is 18.2 Å². The van der Waals surface area contributed by atoms with Crippen LogP contribution in [0.1, 0.15) is 44.8 Å². The van der Waals surface area contributed by atoms with Gasteiger partial charge in [-0.3, -0.25) is 10.1 Å². The third-order valence-corrected chi connectivity index (χ3v) is 4.19. The Morgan fingerprint density at radius 3 is 2.75 bits per heavy atom. The Morgan fingerprint density at radius 1 is 1.50 bits per heavy atom. The number of furan rings is 1. The molecule has 1 aliphatic carbocycles. The van der Waals surface area contributed by atoms with Crippen molar-refractivity contribution in [3.63, 3.8) is 0 Å². The van der Waals surface area contributed by atoms with Crippen molar-refractivity contribution in [1.82, 2.24) is 5.32 Å². The molecule has 0 aromatic carbocycles. The lowest BCUT2D eigenvalue weighted by atomic mass is 9.78. The first-order valence-electron chi connectivity index (χ1n) is 7.18. The summed E-state index contributed by atoms with van der Waals surface area (Å²) < 4.78 is 5.06. The van der Waals surface area contributed by atoms with Crippen LogP contribution in [0.3, 0.4) is 0 Å². The molecule has 0 amide bonds. The highest BCUT2D eigenvalue weighted by Gasteiger charge is 2.32. The summed E-state index contributed by atoms with van der Waals surface area (Å²) in [5, 5.41) is 24.1. The normalized spacial score (nSPS) is 26.6. The quantitative estimate of drug-likeness (QED) is 0.618. The molecule has 6 heteroatoms. The summed E-state index contributed by atoms with van der Waals surface area (Å²) in [6.45, 7) is 3.09. The Bertz CT molecular complexity index is 450. The van der Waals surface area contributed by atoms with E-state index in [1.807, 2.05) is 0 Å². The fourth-order valence-electron chi connectivity index (χ4n) is 2.78. The monoisotopic (exact) mass is 282 g/mol. The van der Waals surface area contributed by atoms with Crippen LogP contribution in [0, 0.1) is 16.0 Å². The molecule has 1 saturated carbocycles. The second-order valence-electron chi connectivity index (χ2n) is 5.68. The van der Waals surface area contributed by atoms with Gasteiger partial charge in [-0.2, -0.15) is 0 Å². The van der Waals surface area contributed by atoms with E-state index in [2.05, 4.69) is 12.2 Å². The van der Waals surface area contributed by atoms with Crippen molar-refractivity contribution in [2.24, 2.45) is 5.92 Å². The Morgan fingerprint density at radius 2 is 2.20 bits per heavy atom. The largest absolute Gasteiger partial charge is 0.433 e. The maximum atomic E-state index is 10.5. The first kappa shape index (κ1) is 15.0. The highest BCUT2D eigenvalue weighted by molar-refractivity contribution is 5.17. The van der Waals surface area contributed by atoms with Gasteiger partial charge in [0, 0.05) is 6.54 Å². The van der Waals surface area contributed by atoms with Crippen LogP contribution in [-0.4, -0.2) is 22.2 Å². The molecule has 2 N–H and O–H groups in total. The lowest BCUT2D eigenvalue weighted by molar-refractivity contribution is -0.402. The van der Waals surface area contributed by atoms with Crippen molar-refractivity contribution in [2.75, 3.05) is 6.54 Å². The molecule has 0 aliphatic heterocycles. The van der Waals surface area contributed by atoms with E-state index in [-0.39, 0.29) is 5.88 Å². The van der Waals surface area contributed by atoms with Crippen LogP contribution in [0.2, 0.25) is 0 Å². The van der Waals surface area contributed by atoms with Gasteiger partial charge in [-0.15, -0.1) is 0 Å². The van der Waals surface area contributed by atoms with Gasteiger partial charge in [0.1, 0.15) is 10.7 Å². The number of nitrogens with one attached hydrogen (secondary N) is 1. The van der Waals surface area contributed by atoms with Crippen LogP contribution in [0.25, 0.3) is 0 Å². The van der Waals surface area contributed by atoms with Crippen LogP contribution in [0.4, 0.5) is 5.88 Å². The third-order valence-electron chi connectivity index (χ3n) is 4.19. The minimum Gasteiger partial charge on any atom is -0.404 e. The molecule has 0 bridgehead atoms. The maximum absolute atomic E-state index is 10.5. The Kier molecular flexibility index (Phi) is 4.77. The number of rotatable bonds is 6. The van der Waals surface area contributed by atoms with Crippen molar-refractivity contribution in [3.05, 3.63) is 28.0 Å². The number of nitrogens with zero attached hydrogens (tertiary/aromatic N) is 1. The molecule has 112 valence electrons. The molecule has 0 unspecified atom stereocenters. The van der Waals surface area contributed by atoms with Gasteiger partial charge in [0.2, 0.25) is 0 Å². The summed E-state index contributed by atoms with van der Waals surface area (Å²) in [5.74, 6) is 1.01. The van der Waals surface area contributed by atoms with E-state index in [9.17, 15) is 15.2 Å². The van der Waals surface area contributed by atoms with Gasteiger partial charge in [-0.25, -0.2) is 0 Å². The van der Waals surface area contributed by atoms with E-state index in [4.69, 9.17) is 4.42 Å². The van der Waals surface area contributed by atoms with Gasteiger partial charge in [0.15, 0.2) is 0 Å². The molecule has 1 aromatic rings. The van der Waals surface area contributed by atoms with E-state index in [1.165, 1.54) is 12.5 Å². The van der Waals surface area contributed by atoms with Gasteiger partial charge in [-0.05, 0) is 37.7 Å². The van der Waals surface area contributed by atoms with Crippen molar-refractivity contribution in [1.29, 1.82) is 0 Å². The summed E-state index contributed by atoms with van der Waals surface area (Å²) in [7, 11) is 0. The molecular formula is C14H22N2O4. The SMILES string of the molecule is CCC1CCC(O)(CNCc2ccc([N+](=O)[O-])o2)CC1. The van der Waals surface area contributed by atoms with Crippen LogP contribution < -0.4 is 5.32 Å². The fourth-order valence-corrected chi connectivity index (χ4v) is 2.78. The third kappa shape index (κ3) is 3.80. The number of hydrogen-bond donors (Lipinski definition) is 2. The zero-order valence-corrected chi connectivity index (χ0v) is 11.8. The summed E-state index contributed by atoms with van der Waals surface area (Å²) >= 11 is 0. The molecule has 1 aliphatic rings. The van der Waals surface area contributed by atoms with Gasteiger partial charge >= 0.3 is 5.88 Å². The molecule has 0 atom stereocenters. The van der Waals surface area contributed by atoms with E-state index in [0.717, 1.165) is 31.6 Å². The molecule has 1 heterocycles. The first-order chi connectivity index (χ1) is 9.52. The van der Waals surface area contributed by atoms with Gasteiger partial charge in [-0.1, -0.05) is 13.3 Å². The molecule has 0 spiro atoms. The highest BCUT2D eigenvalue weighted by atomic mass is 16.6. The second-order valence-corrected chi connectivity index (χ2v) is 5.68. The molecule has 1 aromatic heterocycles. The van der Waals surface area contributed by atoms with Gasteiger partial charge < -0.3 is 14.8 Å². The highest BCUT2D eigenvalue weighted by Crippen LogP contribution is 2.33. The van der Waals surface area contributed by atoms with Gasteiger partial charge in [0.25, 0.3) is 0 Å². The fraction of sp³-hybridized carbons (Fsp3) is 0.714. The summed E-state index contributed by atoms with van der Waals surface area (Å²) in [5.41, 5.74) is -0.649. The zero-order valence-electron chi connectivity index (χ0n) is 11.8. The van der Waals surface area contributed by atoms with E-state index < -0.39 is 10.5 Å². The van der Waals surface area contributed by atoms with E-state index in [0.29, 0.717) is 18.8 Å². The first-order valence-corrected chi connectivity index (χ1v) is 7.18. The average molecular weight is 282 g/mol. The topological polar surface area (TPSA) is 88.5 Å². The average Bonchev–Trinajstić information content (AvgIpc) is 2.89. The minimum absolute atomic E-state index is 0.246. The summed E-state index contributed by atoms with van der Waals surface area (Å²) in [6, 6.07) is 2.93. The van der Waals surface area contributed by atoms with Crippen LogP contribution >= 0.6 is 0 Å². The molecule has 2 rings (SSSR count). The summed E-state index contributed by atoms with van der Waals surface area (Å²) in [4.78, 5) is 9.94. The number of aliphatic hydroxyl groups is 1.